The summed E-state index contributed by atoms with van der Waals surface area (Å²) in [6.07, 6.45) is 4.04. The average Bonchev–Trinajstić information content (AvgIpc) is 2.35. The lowest BCUT2D eigenvalue weighted by Gasteiger charge is -2.34. The van der Waals surface area contributed by atoms with Crippen LogP contribution in [0, 0.1) is 11.8 Å². The van der Waals surface area contributed by atoms with Crippen LogP contribution in [0.4, 0.5) is 0 Å². The van der Waals surface area contributed by atoms with Crippen LogP contribution < -0.4 is 5.32 Å². The smallest absolute Gasteiger partial charge is 0.0294 e. The molecule has 1 fully saturated rings. The molecule has 0 aromatic heterocycles. The van der Waals surface area contributed by atoms with Gasteiger partial charge in [0.15, 0.2) is 0 Å². The minimum Gasteiger partial charge on any atom is -0.307 e. The molecule has 1 N–H and O–H groups in total. The van der Waals surface area contributed by atoms with Crippen LogP contribution in [0.3, 0.4) is 0 Å². The van der Waals surface area contributed by atoms with Crippen molar-refractivity contribution in [1.82, 2.24) is 5.32 Å². The summed E-state index contributed by atoms with van der Waals surface area (Å²) >= 11 is 0. The summed E-state index contributed by atoms with van der Waals surface area (Å²) in [6, 6.07) is 11.9. The summed E-state index contributed by atoms with van der Waals surface area (Å²) in [5.41, 5.74) is 1.40. The lowest BCUT2D eigenvalue weighted by molar-refractivity contribution is 0.217. The molecule has 0 saturated heterocycles. The zero-order valence-electron chi connectivity index (χ0n) is 11.3. The van der Waals surface area contributed by atoms with E-state index in [0.29, 0.717) is 12.1 Å². The molecular weight excluding hydrogens is 206 g/mol. The predicted molar refractivity (Wildman–Crippen MR) is 74.0 cm³/mol. The molecule has 1 aromatic carbocycles. The van der Waals surface area contributed by atoms with Crippen molar-refractivity contribution in [3.63, 3.8) is 0 Å². The van der Waals surface area contributed by atoms with Gasteiger partial charge in [0.2, 0.25) is 0 Å². The van der Waals surface area contributed by atoms with Gasteiger partial charge < -0.3 is 5.32 Å². The molecule has 0 amide bonds. The van der Waals surface area contributed by atoms with Gasteiger partial charge in [-0.3, -0.25) is 0 Å². The topological polar surface area (TPSA) is 12.0 Å². The zero-order chi connectivity index (χ0) is 12.3. The summed E-state index contributed by atoms with van der Waals surface area (Å²) in [5, 5.41) is 3.79. The van der Waals surface area contributed by atoms with Crippen molar-refractivity contribution < 1.29 is 0 Å². The number of hydrogen-bond acceptors (Lipinski definition) is 1. The largest absolute Gasteiger partial charge is 0.307 e. The van der Waals surface area contributed by atoms with Gasteiger partial charge in [-0.05, 0) is 43.6 Å². The number of benzene rings is 1. The van der Waals surface area contributed by atoms with E-state index in [-0.39, 0.29) is 0 Å². The van der Waals surface area contributed by atoms with Crippen molar-refractivity contribution in [2.75, 3.05) is 0 Å². The van der Waals surface area contributed by atoms with Gasteiger partial charge in [-0.15, -0.1) is 0 Å². The van der Waals surface area contributed by atoms with E-state index < -0.39 is 0 Å². The Morgan fingerprint density at radius 3 is 2.41 bits per heavy atom. The third kappa shape index (κ3) is 3.32. The molecule has 94 valence electrons. The predicted octanol–water partition coefficient (Wildman–Crippen LogP) is 4.16. The van der Waals surface area contributed by atoms with Gasteiger partial charge in [-0.1, -0.05) is 44.2 Å². The molecule has 2 rings (SSSR count). The summed E-state index contributed by atoms with van der Waals surface area (Å²) in [6.45, 7) is 7.06. The zero-order valence-corrected chi connectivity index (χ0v) is 11.3. The van der Waals surface area contributed by atoms with Crippen molar-refractivity contribution in [2.45, 2.75) is 52.1 Å². The molecule has 1 heteroatoms. The molecule has 0 spiro atoms. The van der Waals surface area contributed by atoms with Crippen LogP contribution in [0.15, 0.2) is 30.3 Å². The Kier molecular flexibility index (Phi) is 4.22. The molecule has 0 radical (unpaired) electrons. The normalized spacial score (nSPS) is 31.1. The Morgan fingerprint density at radius 1 is 1.06 bits per heavy atom. The molecule has 1 aliphatic rings. The second-order valence-electron chi connectivity index (χ2n) is 5.76. The third-order valence-corrected chi connectivity index (χ3v) is 4.38. The van der Waals surface area contributed by atoms with Gasteiger partial charge in [-0.25, -0.2) is 0 Å². The molecule has 1 aliphatic carbocycles. The lowest BCUT2D eigenvalue weighted by atomic mass is 9.79. The van der Waals surface area contributed by atoms with E-state index in [9.17, 15) is 0 Å². The molecular formula is C16H25N. The SMILES string of the molecule is CC1CCC(N[C@H](C)c2ccccc2)CC1C. The fourth-order valence-corrected chi connectivity index (χ4v) is 2.89. The molecule has 0 bridgehead atoms. The molecule has 1 aromatic rings. The first-order valence-electron chi connectivity index (χ1n) is 6.98. The summed E-state index contributed by atoms with van der Waals surface area (Å²) < 4.78 is 0. The van der Waals surface area contributed by atoms with Crippen molar-refractivity contribution >= 4 is 0 Å². The molecule has 3 unspecified atom stereocenters. The van der Waals surface area contributed by atoms with Crippen LogP contribution in [0.25, 0.3) is 0 Å². The Balaban J connectivity index is 1.89. The summed E-state index contributed by atoms with van der Waals surface area (Å²) in [7, 11) is 0. The number of rotatable bonds is 3. The summed E-state index contributed by atoms with van der Waals surface area (Å²) in [4.78, 5) is 0. The maximum atomic E-state index is 3.79. The fraction of sp³-hybridized carbons (Fsp3) is 0.625. The maximum Gasteiger partial charge on any atom is 0.0294 e. The molecule has 0 heterocycles. The van der Waals surface area contributed by atoms with Gasteiger partial charge in [0.1, 0.15) is 0 Å². The maximum absolute atomic E-state index is 3.79. The number of nitrogens with one attached hydrogen (secondary N) is 1. The minimum absolute atomic E-state index is 0.474. The van der Waals surface area contributed by atoms with Crippen molar-refractivity contribution in [3.05, 3.63) is 35.9 Å². The third-order valence-electron chi connectivity index (χ3n) is 4.38. The van der Waals surface area contributed by atoms with E-state index in [0.717, 1.165) is 11.8 Å². The summed E-state index contributed by atoms with van der Waals surface area (Å²) in [5.74, 6) is 1.77. The van der Waals surface area contributed by atoms with E-state index in [4.69, 9.17) is 0 Å². The Morgan fingerprint density at radius 2 is 1.76 bits per heavy atom. The van der Waals surface area contributed by atoms with Crippen LogP contribution in [0.1, 0.15) is 51.6 Å². The van der Waals surface area contributed by atoms with E-state index in [1.54, 1.807) is 0 Å². The van der Waals surface area contributed by atoms with Crippen molar-refractivity contribution in [3.8, 4) is 0 Å². The monoisotopic (exact) mass is 231 g/mol. The Bertz CT molecular complexity index is 333. The van der Waals surface area contributed by atoms with E-state index >= 15 is 0 Å². The minimum atomic E-state index is 0.474. The first-order chi connectivity index (χ1) is 8.16. The fourth-order valence-electron chi connectivity index (χ4n) is 2.89. The van der Waals surface area contributed by atoms with Crippen LogP contribution in [0.5, 0.6) is 0 Å². The molecule has 1 nitrogen and oxygen atoms in total. The highest BCUT2D eigenvalue weighted by atomic mass is 14.9. The molecule has 1 saturated carbocycles. The van der Waals surface area contributed by atoms with Gasteiger partial charge in [-0.2, -0.15) is 0 Å². The second-order valence-corrected chi connectivity index (χ2v) is 5.76. The first kappa shape index (κ1) is 12.6. The quantitative estimate of drug-likeness (QED) is 0.823. The highest BCUT2D eigenvalue weighted by Crippen LogP contribution is 2.30. The molecule has 4 atom stereocenters. The van der Waals surface area contributed by atoms with Crippen molar-refractivity contribution in [1.29, 1.82) is 0 Å². The second kappa shape index (κ2) is 5.68. The number of hydrogen-bond donors (Lipinski definition) is 1. The van der Waals surface area contributed by atoms with Crippen LogP contribution in [-0.2, 0) is 0 Å². The van der Waals surface area contributed by atoms with Gasteiger partial charge in [0, 0.05) is 12.1 Å². The van der Waals surface area contributed by atoms with Crippen LogP contribution in [0.2, 0.25) is 0 Å². The van der Waals surface area contributed by atoms with E-state index in [2.05, 4.69) is 56.4 Å². The Hall–Kier alpha value is -0.820. The highest BCUT2D eigenvalue weighted by Gasteiger charge is 2.25. The van der Waals surface area contributed by atoms with Gasteiger partial charge in [0.25, 0.3) is 0 Å². The lowest BCUT2D eigenvalue weighted by Crippen LogP contribution is -2.37. The van der Waals surface area contributed by atoms with E-state index in [1.165, 1.54) is 24.8 Å². The van der Waals surface area contributed by atoms with Gasteiger partial charge >= 0.3 is 0 Å². The van der Waals surface area contributed by atoms with Crippen molar-refractivity contribution in [2.24, 2.45) is 11.8 Å². The first-order valence-corrected chi connectivity index (χ1v) is 6.98. The van der Waals surface area contributed by atoms with Crippen LogP contribution >= 0.6 is 0 Å². The van der Waals surface area contributed by atoms with E-state index in [1.807, 2.05) is 0 Å². The highest BCUT2D eigenvalue weighted by molar-refractivity contribution is 5.18. The van der Waals surface area contributed by atoms with Crippen LogP contribution in [-0.4, -0.2) is 6.04 Å². The molecule has 17 heavy (non-hydrogen) atoms. The average molecular weight is 231 g/mol. The van der Waals surface area contributed by atoms with Gasteiger partial charge in [0.05, 0.1) is 0 Å². The standard InChI is InChI=1S/C16H25N/c1-12-9-10-16(11-13(12)2)17-14(3)15-7-5-4-6-8-15/h4-8,12-14,16-17H,9-11H2,1-3H3/t12?,13?,14-,16?/m1/s1. The molecule has 0 aliphatic heterocycles. The Labute approximate surface area is 106 Å².